The van der Waals surface area contributed by atoms with Gasteiger partial charge in [-0.2, -0.15) is 0 Å². The highest BCUT2D eigenvalue weighted by molar-refractivity contribution is 5.83. The van der Waals surface area contributed by atoms with Gasteiger partial charge in [0.2, 0.25) is 0 Å². The quantitative estimate of drug-likeness (QED) is 0.737. The van der Waals surface area contributed by atoms with Crippen molar-refractivity contribution in [1.29, 1.82) is 0 Å². The molecule has 0 fully saturated rings. The molecule has 0 aliphatic heterocycles. The standard InChI is InChI=1S/C13H27NO/c1-10(2)11(8-9-14)6-7-12(15)13(3,4)5/h10-11H,6-9,14H2,1-5H3. The Bertz CT molecular complexity index is 191. The predicted octanol–water partition coefficient (Wildman–Crippen LogP) is 3.00. The Hall–Kier alpha value is -0.370. The van der Waals surface area contributed by atoms with E-state index >= 15 is 0 Å². The normalized spacial score (nSPS) is 14.3. The van der Waals surface area contributed by atoms with Gasteiger partial charge in [-0.25, -0.2) is 0 Å². The van der Waals surface area contributed by atoms with Gasteiger partial charge in [-0.05, 0) is 31.2 Å². The summed E-state index contributed by atoms with van der Waals surface area (Å²) < 4.78 is 0. The monoisotopic (exact) mass is 213 g/mol. The van der Waals surface area contributed by atoms with Crippen molar-refractivity contribution in [1.82, 2.24) is 0 Å². The number of carbonyl (C=O) groups is 1. The number of hydrogen-bond donors (Lipinski definition) is 1. The summed E-state index contributed by atoms with van der Waals surface area (Å²) >= 11 is 0. The lowest BCUT2D eigenvalue weighted by Crippen LogP contribution is -2.22. The van der Waals surface area contributed by atoms with Gasteiger partial charge in [0, 0.05) is 11.8 Å². The topological polar surface area (TPSA) is 43.1 Å². The van der Waals surface area contributed by atoms with Crippen LogP contribution in [0.1, 0.15) is 53.9 Å². The van der Waals surface area contributed by atoms with Gasteiger partial charge in [-0.3, -0.25) is 4.79 Å². The van der Waals surface area contributed by atoms with Crippen molar-refractivity contribution < 1.29 is 4.79 Å². The summed E-state index contributed by atoms with van der Waals surface area (Å²) in [5.41, 5.74) is 5.38. The Morgan fingerprint density at radius 1 is 1.20 bits per heavy atom. The second-order valence-electron chi connectivity index (χ2n) is 5.79. The summed E-state index contributed by atoms with van der Waals surface area (Å²) in [6.45, 7) is 11.1. The number of carbonyl (C=O) groups excluding carboxylic acids is 1. The van der Waals surface area contributed by atoms with Gasteiger partial charge in [0.15, 0.2) is 0 Å². The van der Waals surface area contributed by atoms with Crippen LogP contribution in [0.15, 0.2) is 0 Å². The van der Waals surface area contributed by atoms with Crippen molar-refractivity contribution in [3.8, 4) is 0 Å². The molecule has 15 heavy (non-hydrogen) atoms. The first-order chi connectivity index (χ1) is 6.79. The molecule has 0 aromatic heterocycles. The molecule has 0 aliphatic carbocycles. The number of ketones is 1. The maximum absolute atomic E-state index is 11.8. The maximum atomic E-state index is 11.8. The van der Waals surface area contributed by atoms with E-state index in [-0.39, 0.29) is 5.41 Å². The molecule has 0 heterocycles. The van der Waals surface area contributed by atoms with Crippen molar-refractivity contribution in [2.75, 3.05) is 6.54 Å². The highest BCUT2D eigenvalue weighted by atomic mass is 16.1. The second kappa shape index (κ2) is 6.26. The maximum Gasteiger partial charge on any atom is 0.138 e. The minimum Gasteiger partial charge on any atom is -0.330 e. The average Bonchev–Trinajstić information content (AvgIpc) is 2.09. The predicted molar refractivity (Wildman–Crippen MR) is 65.7 cm³/mol. The van der Waals surface area contributed by atoms with E-state index in [1.807, 2.05) is 20.8 Å². The molecular formula is C13H27NO. The Labute approximate surface area is 94.6 Å². The van der Waals surface area contributed by atoms with Gasteiger partial charge in [0.1, 0.15) is 5.78 Å². The molecule has 2 heteroatoms. The summed E-state index contributed by atoms with van der Waals surface area (Å²) in [6.07, 6.45) is 2.73. The SMILES string of the molecule is CC(C)C(CCN)CCC(=O)C(C)(C)C. The summed E-state index contributed by atoms with van der Waals surface area (Å²) in [4.78, 5) is 11.8. The van der Waals surface area contributed by atoms with E-state index in [0.717, 1.165) is 19.4 Å². The van der Waals surface area contributed by atoms with E-state index in [2.05, 4.69) is 13.8 Å². The molecule has 1 atom stereocenters. The summed E-state index contributed by atoms with van der Waals surface area (Å²) in [6, 6.07) is 0. The van der Waals surface area contributed by atoms with Crippen LogP contribution in [0.3, 0.4) is 0 Å². The largest absolute Gasteiger partial charge is 0.330 e. The lowest BCUT2D eigenvalue weighted by Gasteiger charge is -2.22. The van der Waals surface area contributed by atoms with Crippen LogP contribution in [-0.4, -0.2) is 12.3 Å². The zero-order valence-corrected chi connectivity index (χ0v) is 11.0. The minimum absolute atomic E-state index is 0.190. The molecule has 2 nitrogen and oxygen atoms in total. The molecule has 0 spiro atoms. The van der Waals surface area contributed by atoms with Crippen LogP contribution in [-0.2, 0) is 4.79 Å². The van der Waals surface area contributed by atoms with Crippen molar-refractivity contribution in [3.63, 3.8) is 0 Å². The molecule has 1 unspecified atom stereocenters. The second-order valence-corrected chi connectivity index (χ2v) is 5.79. The van der Waals surface area contributed by atoms with Gasteiger partial charge >= 0.3 is 0 Å². The lowest BCUT2D eigenvalue weighted by atomic mass is 9.82. The smallest absolute Gasteiger partial charge is 0.138 e. The highest BCUT2D eigenvalue weighted by Gasteiger charge is 2.22. The van der Waals surface area contributed by atoms with Crippen molar-refractivity contribution >= 4 is 5.78 Å². The van der Waals surface area contributed by atoms with Gasteiger partial charge < -0.3 is 5.73 Å². The van der Waals surface area contributed by atoms with E-state index in [9.17, 15) is 4.79 Å². The van der Waals surface area contributed by atoms with E-state index in [0.29, 0.717) is 24.0 Å². The number of hydrogen-bond acceptors (Lipinski definition) is 2. The summed E-state index contributed by atoms with van der Waals surface area (Å²) in [5, 5.41) is 0. The fourth-order valence-electron chi connectivity index (χ4n) is 1.72. The molecule has 0 rings (SSSR count). The third-order valence-electron chi connectivity index (χ3n) is 3.06. The van der Waals surface area contributed by atoms with Crippen LogP contribution in [0, 0.1) is 17.3 Å². The highest BCUT2D eigenvalue weighted by Crippen LogP contribution is 2.24. The minimum atomic E-state index is -0.190. The first-order valence-electron chi connectivity index (χ1n) is 6.02. The molecule has 0 saturated heterocycles. The van der Waals surface area contributed by atoms with E-state index in [1.54, 1.807) is 0 Å². The molecule has 0 saturated carbocycles. The Balaban J connectivity index is 4.05. The van der Waals surface area contributed by atoms with Gasteiger partial charge in [0.25, 0.3) is 0 Å². The van der Waals surface area contributed by atoms with Crippen LogP contribution in [0.2, 0.25) is 0 Å². The van der Waals surface area contributed by atoms with Crippen LogP contribution in [0.5, 0.6) is 0 Å². The van der Waals surface area contributed by atoms with E-state index < -0.39 is 0 Å². The molecule has 2 N–H and O–H groups in total. The fraction of sp³-hybridized carbons (Fsp3) is 0.923. The number of nitrogens with two attached hydrogens (primary N) is 1. The molecule has 0 aromatic rings. The van der Waals surface area contributed by atoms with E-state index in [4.69, 9.17) is 5.73 Å². The van der Waals surface area contributed by atoms with Crippen LogP contribution < -0.4 is 5.73 Å². The molecule has 90 valence electrons. The molecule has 0 bridgehead atoms. The first-order valence-corrected chi connectivity index (χ1v) is 6.02. The van der Waals surface area contributed by atoms with Gasteiger partial charge in [-0.1, -0.05) is 34.6 Å². The molecule has 0 aromatic carbocycles. The van der Waals surface area contributed by atoms with Crippen molar-refractivity contribution in [3.05, 3.63) is 0 Å². The molecule has 0 amide bonds. The average molecular weight is 213 g/mol. The Morgan fingerprint density at radius 3 is 2.07 bits per heavy atom. The van der Waals surface area contributed by atoms with Crippen molar-refractivity contribution in [2.24, 2.45) is 23.0 Å². The summed E-state index contributed by atoms with van der Waals surface area (Å²) in [5.74, 6) is 1.59. The molecule has 0 radical (unpaired) electrons. The van der Waals surface area contributed by atoms with Crippen LogP contribution in [0.25, 0.3) is 0 Å². The number of rotatable bonds is 6. The zero-order chi connectivity index (χ0) is 12.1. The van der Waals surface area contributed by atoms with Gasteiger partial charge in [0.05, 0.1) is 0 Å². The Kier molecular flexibility index (Phi) is 6.11. The zero-order valence-electron chi connectivity index (χ0n) is 11.0. The van der Waals surface area contributed by atoms with E-state index in [1.165, 1.54) is 0 Å². The van der Waals surface area contributed by atoms with Gasteiger partial charge in [-0.15, -0.1) is 0 Å². The third-order valence-corrected chi connectivity index (χ3v) is 3.06. The third kappa shape index (κ3) is 5.93. The Morgan fingerprint density at radius 2 is 1.73 bits per heavy atom. The molecular weight excluding hydrogens is 186 g/mol. The van der Waals surface area contributed by atoms with Crippen LogP contribution in [0.4, 0.5) is 0 Å². The number of Topliss-reactive ketones (excluding diaryl/α,β-unsaturated/α-hetero) is 1. The lowest BCUT2D eigenvalue weighted by molar-refractivity contribution is -0.126. The van der Waals surface area contributed by atoms with Crippen LogP contribution >= 0.6 is 0 Å². The molecule has 0 aliphatic rings. The first kappa shape index (κ1) is 14.6. The summed E-state index contributed by atoms with van der Waals surface area (Å²) in [7, 11) is 0. The van der Waals surface area contributed by atoms with Crippen molar-refractivity contribution in [2.45, 2.75) is 53.9 Å². The fourth-order valence-corrected chi connectivity index (χ4v) is 1.72.